The molecule has 2 rings (SSSR count). The van der Waals surface area contributed by atoms with Crippen LogP contribution in [0, 0.1) is 0 Å². The normalized spacial score (nSPS) is 28.2. The lowest BCUT2D eigenvalue weighted by Crippen LogP contribution is -2.32. The lowest BCUT2D eigenvalue weighted by molar-refractivity contribution is 0.501. The minimum atomic E-state index is 0.116. The van der Waals surface area contributed by atoms with Crippen molar-refractivity contribution in [2.45, 2.75) is 44.0 Å². The lowest BCUT2D eigenvalue weighted by atomic mass is 9.93. The molecule has 2 unspecified atom stereocenters. The van der Waals surface area contributed by atoms with Gasteiger partial charge in [-0.3, -0.25) is 4.68 Å². The third kappa shape index (κ3) is 2.06. The molecule has 1 aliphatic heterocycles. The quantitative estimate of drug-likeness (QED) is 0.857. The molecule has 1 fully saturated rings. The monoisotopic (exact) mass is 225 g/mol. The SMILES string of the molecule is CCn1cc(C(N)C2(C)CCCS2)cn1. The van der Waals surface area contributed by atoms with Crippen molar-refractivity contribution in [2.24, 2.45) is 5.73 Å². The molecular formula is C11H19N3S. The molecule has 1 aliphatic rings. The number of hydrogen-bond acceptors (Lipinski definition) is 3. The fraction of sp³-hybridized carbons (Fsp3) is 0.727. The fourth-order valence-corrected chi connectivity index (χ4v) is 3.47. The van der Waals surface area contributed by atoms with Crippen LogP contribution in [0.25, 0.3) is 0 Å². The molecule has 0 aromatic carbocycles. The summed E-state index contributed by atoms with van der Waals surface area (Å²) in [6.45, 7) is 5.28. The first-order valence-electron chi connectivity index (χ1n) is 5.57. The van der Waals surface area contributed by atoms with Crippen molar-refractivity contribution in [1.82, 2.24) is 9.78 Å². The second-order valence-corrected chi connectivity index (χ2v) is 6.00. The Balaban J connectivity index is 2.15. The number of aryl methyl sites for hydroxylation is 1. The summed E-state index contributed by atoms with van der Waals surface area (Å²) in [6, 6.07) is 0.116. The Kier molecular flexibility index (Phi) is 3.07. The van der Waals surface area contributed by atoms with E-state index in [0.29, 0.717) is 0 Å². The molecule has 1 aromatic heterocycles. The average molecular weight is 225 g/mol. The molecule has 84 valence electrons. The Morgan fingerprint density at radius 2 is 2.53 bits per heavy atom. The smallest absolute Gasteiger partial charge is 0.0538 e. The summed E-state index contributed by atoms with van der Waals surface area (Å²) < 4.78 is 2.15. The summed E-state index contributed by atoms with van der Waals surface area (Å²) in [5.41, 5.74) is 7.50. The van der Waals surface area contributed by atoms with Crippen molar-refractivity contribution in [3.05, 3.63) is 18.0 Å². The summed E-state index contributed by atoms with van der Waals surface area (Å²) in [5, 5.41) is 4.29. The summed E-state index contributed by atoms with van der Waals surface area (Å²) in [4.78, 5) is 0. The third-order valence-corrected chi connectivity index (χ3v) is 4.85. The Bertz CT molecular complexity index is 328. The van der Waals surface area contributed by atoms with Gasteiger partial charge in [0.1, 0.15) is 0 Å². The van der Waals surface area contributed by atoms with E-state index >= 15 is 0 Å². The summed E-state index contributed by atoms with van der Waals surface area (Å²) in [6.07, 6.45) is 6.50. The van der Waals surface area contributed by atoms with E-state index in [2.05, 4.69) is 25.1 Å². The predicted octanol–water partition coefficient (Wildman–Crippen LogP) is 2.19. The van der Waals surface area contributed by atoms with E-state index in [1.807, 2.05) is 22.6 Å². The minimum Gasteiger partial charge on any atom is -0.323 e. The summed E-state index contributed by atoms with van der Waals surface area (Å²) >= 11 is 2.00. The topological polar surface area (TPSA) is 43.8 Å². The molecule has 1 saturated heterocycles. The van der Waals surface area contributed by atoms with Crippen LogP contribution in [0.2, 0.25) is 0 Å². The van der Waals surface area contributed by atoms with Gasteiger partial charge < -0.3 is 5.73 Å². The van der Waals surface area contributed by atoms with Crippen molar-refractivity contribution < 1.29 is 0 Å². The second kappa shape index (κ2) is 4.18. The number of nitrogens with zero attached hydrogens (tertiary/aromatic N) is 2. The summed E-state index contributed by atoms with van der Waals surface area (Å²) in [7, 11) is 0. The molecule has 0 saturated carbocycles. The van der Waals surface area contributed by atoms with E-state index in [4.69, 9.17) is 5.73 Å². The van der Waals surface area contributed by atoms with E-state index in [0.717, 1.165) is 6.54 Å². The Labute approximate surface area is 95.4 Å². The molecule has 2 N–H and O–H groups in total. The van der Waals surface area contributed by atoms with Gasteiger partial charge in [0.05, 0.1) is 6.20 Å². The number of thioether (sulfide) groups is 1. The summed E-state index contributed by atoms with van der Waals surface area (Å²) in [5.74, 6) is 1.24. The van der Waals surface area contributed by atoms with Gasteiger partial charge in [-0.25, -0.2) is 0 Å². The van der Waals surface area contributed by atoms with E-state index in [9.17, 15) is 0 Å². The van der Waals surface area contributed by atoms with Crippen LogP contribution in [0.4, 0.5) is 0 Å². The Morgan fingerprint density at radius 3 is 3.07 bits per heavy atom. The first kappa shape index (κ1) is 11.0. The molecule has 0 radical (unpaired) electrons. The molecule has 2 atom stereocenters. The highest BCUT2D eigenvalue weighted by Crippen LogP contribution is 2.45. The molecular weight excluding hydrogens is 206 g/mol. The predicted molar refractivity (Wildman–Crippen MR) is 64.9 cm³/mol. The van der Waals surface area contributed by atoms with Gasteiger partial charge in [-0.2, -0.15) is 16.9 Å². The first-order valence-corrected chi connectivity index (χ1v) is 6.56. The van der Waals surface area contributed by atoms with Crippen molar-refractivity contribution >= 4 is 11.8 Å². The van der Waals surface area contributed by atoms with E-state index < -0.39 is 0 Å². The zero-order chi connectivity index (χ0) is 10.9. The van der Waals surface area contributed by atoms with Crippen LogP contribution in [0.5, 0.6) is 0 Å². The number of aromatic nitrogens is 2. The fourth-order valence-electron chi connectivity index (χ4n) is 2.11. The lowest BCUT2D eigenvalue weighted by Gasteiger charge is -2.29. The van der Waals surface area contributed by atoms with Crippen LogP contribution in [-0.2, 0) is 6.54 Å². The van der Waals surface area contributed by atoms with Crippen LogP contribution >= 0.6 is 11.8 Å². The number of hydrogen-bond donors (Lipinski definition) is 1. The van der Waals surface area contributed by atoms with Crippen molar-refractivity contribution in [2.75, 3.05) is 5.75 Å². The maximum absolute atomic E-state index is 6.33. The van der Waals surface area contributed by atoms with Crippen LogP contribution in [-0.4, -0.2) is 20.3 Å². The van der Waals surface area contributed by atoms with Crippen LogP contribution in [0.3, 0.4) is 0 Å². The highest BCUT2D eigenvalue weighted by atomic mass is 32.2. The van der Waals surface area contributed by atoms with E-state index in [-0.39, 0.29) is 10.8 Å². The molecule has 0 aliphatic carbocycles. The van der Waals surface area contributed by atoms with Gasteiger partial charge in [0.15, 0.2) is 0 Å². The molecule has 0 spiro atoms. The molecule has 2 heterocycles. The van der Waals surface area contributed by atoms with Crippen LogP contribution in [0.1, 0.15) is 38.3 Å². The second-order valence-electron chi connectivity index (χ2n) is 4.37. The van der Waals surface area contributed by atoms with Gasteiger partial charge in [-0.05, 0) is 32.4 Å². The maximum Gasteiger partial charge on any atom is 0.0538 e. The molecule has 1 aromatic rings. The zero-order valence-corrected chi connectivity index (χ0v) is 10.3. The molecule has 15 heavy (non-hydrogen) atoms. The van der Waals surface area contributed by atoms with Gasteiger partial charge in [0, 0.05) is 29.1 Å². The standard InChI is InChI=1S/C11H19N3S/c1-3-14-8-9(7-13-14)10(12)11(2)5-4-6-15-11/h7-8,10H,3-6,12H2,1-2H3. The first-order chi connectivity index (χ1) is 7.15. The van der Waals surface area contributed by atoms with Crippen LogP contribution in [0.15, 0.2) is 12.4 Å². The van der Waals surface area contributed by atoms with E-state index in [1.54, 1.807) is 0 Å². The van der Waals surface area contributed by atoms with Crippen molar-refractivity contribution in [3.8, 4) is 0 Å². The molecule has 0 bridgehead atoms. The maximum atomic E-state index is 6.33. The highest BCUT2D eigenvalue weighted by Gasteiger charge is 2.37. The molecule has 0 amide bonds. The van der Waals surface area contributed by atoms with E-state index in [1.165, 1.54) is 24.2 Å². The Hall–Kier alpha value is -0.480. The highest BCUT2D eigenvalue weighted by molar-refractivity contribution is 8.00. The third-order valence-electron chi connectivity index (χ3n) is 3.24. The van der Waals surface area contributed by atoms with Gasteiger partial charge in [0.25, 0.3) is 0 Å². The van der Waals surface area contributed by atoms with Gasteiger partial charge >= 0.3 is 0 Å². The number of nitrogens with two attached hydrogens (primary N) is 1. The van der Waals surface area contributed by atoms with Crippen molar-refractivity contribution in [3.63, 3.8) is 0 Å². The Morgan fingerprint density at radius 1 is 1.73 bits per heavy atom. The van der Waals surface area contributed by atoms with Gasteiger partial charge in [0.2, 0.25) is 0 Å². The van der Waals surface area contributed by atoms with Crippen molar-refractivity contribution in [1.29, 1.82) is 0 Å². The average Bonchev–Trinajstić information content (AvgIpc) is 2.85. The van der Waals surface area contributed by atoms with Gasteiger partial charge in [-0.1, -0.05) is 0 Å². The van der Waals surface area contributed by atoms with Gasteiger partial charge in [-0.15, -0.1) is 0 Å². The zero-order valence-electron chi connectivity index (χ0n) is 9.44. The van der Waals surface area contributed by atoms with Crippen LogP contribution < -0.4 is 5.73 Å². The number of rotatable bonds is 3. The molecule has 4 heteroatoms. The largest absolute Gasteiger partial charge is 0.323 e. The minimum absolute atomic E-state index is 0.116. The molecule has 3 nitrogen and oxygen atoms in total.